The van der Waals surface area contributed by atoms with E-state index in [1.165, 1.54) is 0 Å². The van der Waals surface area contributed by atoms with Gasteiger partial charge in [-0.3, -0.25) is 10.2 Å². The van der Waals surface area contributed by atoms with Gasteiger partial charge in [0.05, 0.1) is 0 Å². The molecule has 0 aromatic heterocycles. The van der Waals surface area contributed by atoms with E-state index in [4.69, 9.17) is 16.3 Å². The van der Waals surface area contributed by atoms with Crippen LogP contribution in [0.3, 0.4) is 0 Å². The molecule has 0 spiro atoms. The second-order valence-corrected chi connectivity index (χ2v) is 6.99. The van der Waals surface area contributed by atoms with Gasteiger partial charge in [-0.2, -0.15) is 0 Å². The molecule has 25 heavy (non-hydrogen) atoms. The van der Waals surface area contributed by atoms with Crippen molar-refractivity contribution in [2.75, 3.05) is 13.1 Å². The van der Waals surface area contributed by atoms with Crippen LogP contribution in [0.2, 0.25) is 5.02 Å². The van der Waals surface area contributed by atoms with Crippen LogP contribution >= 0.6 is 11.6 Å². The Labute approximate surface area is 153 Å². The predicted octanol–water partition coefficient (Wildman–Crippen LogP) is 2.00. The van der Waals surface area contributed by atoms with E-state index in [-0.39, 0.29) is 12.0 Å². The molecule has 2 heterocycles. The average molecular weight is 364 g/mol. The normalized spacial score (nSPS) is 19.1. The monoisotopic (exact) mass is 363 g/mol. The third-order valence-electron chi connectivity index (χ3n) is 4.59. The van der Waals surface area contributed by atoms with Gasteiger partial charge in [0.15, 0.2) is 0 Å². The number of carbonyl (C=O) groups is 2. The lowest BCUT2D eigenvalue weighted by atomic mass is 9.70. The summed E-state index contributed by atoms with van der Waals surface area (Å²) in [6.07, 6.45) is 6.09. The Morgan fingerprint density at radius 2 is 1.88 bits per heavy atom. The molecule has 0 saturated carbocycles. The summed E-state index contributed by atoms with van der Waals surface area (Å²) in [5.74, 6) is -0.297. The SMILES string of the molecule is O=C(NB1OC(=O)CCCCCc2cc(Cl)ccc21)NN1CCCC1. The van der Waals surface area contributed by atoms with Gasteiger partial charge in [0.2, 0.25) is 0 Å². The number of hydrogen-bond donors (Lipinski definition) is 2. The lowest BCUT2D eigenvalue weighted by Crippen LogP contribution is -2.57. The summed E-state index contributed by atoms with van der Waals surface area (Å²) >= 11 is 6.13. The summed E-state index contributed by atoms with van der Waals surface area (Å²) in [4.78, 5) is 24.4. The third kappa shape index (κ3) is 5.12. The van der Waals surface area contributed by atoms with Crippen molar-refractivity contribution in [1.82, 2.24) is 15.7 Å². The Hall–Kier alpha value is -1.73. The molecule has 1 saturated heterocycles. The molecule has 0 unspecified atom stereocenters. The molecule has 134 valence electrons. The van der Waals surface area contributed by atoms with E-state index in [0.29, 0.717) is 11.4 Å². The summed E-state index contributed by atoms with van der Waals surface area (Å²) in [5, 5.41) is 5.31. The predicted molar refractivity (Wildman–Crippen MR) is 97.6 cm³/mol. The molecule has 0 bridgehead atoms. The van der Waals surface area contributed by atoms with Gasteiger partial charge >= 0.3 is 13.1 Å². The van der Waals surface area contributed by atoms with Crippen molar-refractivity contribution in [1.29, 1.82) is 0 Å². The molecule has 2 amide bonds. The van der Waals surface area contributed by atoms with Crippen LogP contribution in [0.5, 0.6) is 0 Å². The minimum absolute atomic E-state index is 0.297. The summed E-state index contributed by atoms with van der Waals surface area (Å²) in [5.41, 5.74) is 4.61. The number of rotatable bonds is 2. The van der Waals surface area contributed by atoms with Gasteiger partial charge in [-0.15, -0.1) is 0 Å². The zero-order chi connectivity index (χ0) is 17.6. The van der Waals surface area contributed by atoms with Crippen molar-refractivity contribution >= 4 is 36.1 Å². The number of nitrogens with zero attached hydrogens (tertiary/aromatic N) is 1. The van der Waals surface area contributed by atoms with Gasteiger partial charge in [0.25, 0.3) is 5.97 Å². The number of amides is 2. The molecule has 8 heteroatoms. The Bertz CT molecular complexity index is 638. The standard InChI is InChI=1S/C17H23BClN3O3/c19-14-8-9-15-13(12-14)6-2-1-3-7-16(23)25-18(15)20-17(24)21-22-10-4-5-11-22/h8-9,12H,1-7,10-11H2,(H2,20,21,24). The highest BCUT2D eigenvalue weighted by Gasteiger charge is 2.30. The summed E-state index contributed by atoms with van der Waals surface area (Å²) < 4.78 is 5.56. The van der Waals surface area contributed by atoms with Crippen molar-refractivity contribution in [2.45, 2.75) is 44.9 Å². The highest BCUT2D eigenvalue weighted by Crippen LogP contribution is 2.15. The first-order valence-electron chi connectivity index (χ1n) is 8.92. The fourth-order valence-corrected chi connectivity index (χ4v) is 3.49. The summed E-state index contributed by atoms with van der Waals surface area (Å²) in [6.45, 7) is 1.67. The zero-order valence-corrected chi connectivity index (χ0v) is 15.0. The number of fused-ring (bicyclic) bond motifs is 1. The number of hydrogen-bond acceptors (Lipinski definition) is 4. The highest BCUT2D eigenvalue weighted by atomic mass is 35.5. The Morgan fingerprint density at radius 3 is 2.68 bits per heavy atom. The van der Waals surface area contributed by atoms with E-state index in [9.17, 15) is 9.59 Å². The van der Waals surface area contributed by atoms with Crippen molar-refractivity contribution in [3.63, 3.8) is 0 Å². The molecule has 6 nitrogen and oxygen atoms in total. The molecule has 1 aromatic carbocycles. The Kier molecular flexibility index (Phi) is 6.21. The first-order valence-corrected chi connectivity index (χ1v) is 9.29. The van der Waals surface area contributed by atoms with Crippen LogP contribution in [0.4, 0.5) is 4.79 Å². The lowest BCUT2D eigenvalue weighted by molar-refractivity contribution is -0.134. The van der Waals surface area contributed by atoms with Crippen LogP contribution in [0.15, 0.2) is 18.2 Å². The van der Waals surface area contributed by atoms with Gasteiger partial charge in [0, 0.05) is 24.5 Å². The van der Waals surface area contributed by atoms with Crippen molar-refractivity contribution < 1.29 is 14.2 Å². The molecule has 0 atom stereocenters. The zero-order valence-electron chi connectivity index (χ0n) is 14.2. The minimum Gasteiger partial charge on any atom is -0.511 e. The number of halogens is 1. The molecular formula is C17H23BClN3O3. The van der Waals surface area contributed by atoms with Crippen LogP contribution in [0.25, 0.3) is 0 Å². The number of aryl methyl sites for hydroxylation is 1. The Balaban J connectivity index is 1.78. The maximum atomic E-state index is 12.3. The van der Waals surface area contributed by atoms with E-state index in [2.05, 4.69) is 10.7 Å². The van der Waals surface area contributed by atoms with Crippen molar-refractivity contribution in [3.8, 4) is 0 Å². The van der Waals surface area contributed by atoms with Crippen LogP contribution < -0.4 is 16.1 Å². The second kappa shape index (κ2) is 8.58. The number of benzene rings is 1. The van der Waals surface area contributed by atoms with E-state index >= 15 is 0 Å². The molecule has 1 aromatic rings. The first kappa shape index (κ1) is 18.1. The topological polar surface area (TPSA) is 70.7 Å². The third-order valence-corrected chi connectivity index (χ3v) is 4.83. The smallest absolute Gasteiger partial charge is 0.511 e. The highest BCUT2D eigenvalue weighted by molar-refractivity contribution is 6.69. The fraction of sp³-hybridized carbons (Fsp3) is 0.529. The molecule has 2 aliphatic heterocycles. The first-order chi connectivity index (χ1) is 12.1. The van der Waals surface area contributed by atoms with Gasteiger partial charge in [-0.25, -0.2) is 9.80 Å². The molecule has 0 radical (unpaired) electrons. The summed E-state index contributed by atoms with van der Waals surface area (Å²) in [6, 6.07) is 5.11. The quantitative estimate of drug-likeness (QED) is 0.789. The van der Waals surface area contributed by atoms with E-state index in [1.54, 1.807) is 6.07 Å². The van der Waals surface area contributed by atoms with Gasteiger partial charge in [-0.05, 0) is 55.3 Å². The average Bonchev–Trinajstić information content (AvgIpc) is 3.06. The summed E-state index contributed by atoms with van der Waals surface area (Å²) in [7, 11) is -0.805. The number of carbonyl (C=O) groups excluding carboxylic acids is 2. The number of nitrogens with one attached hydrogen (secondary N) is 2. The maximum absolute atomic E-state index is 12.3. The van der Waals surface area contributed by atoms with Crippen LogP contribution in [0.1, 0.15) is 44.1 Å². The lowest BCUT2D eigenvalue weighted by Gasteiger charge is -2.22. The largest absolute Gasteiger partial charge is 0.522 e. The molecule has 2 N–H and O–H groups in total. The molecule has 3 rings (SSSR count). The molecule has 0 aliphatic carbocycles. The van der Waals surface area contributed by atoms with Crippen molar-refractivity contribution in [2.24, 2.45) is 0 Å². The van der Waals surface area contributed by atoms with E-state index in [0.717, 1.165) is 62.6 Å². The fourth-order valence-electron chi connectivity index (χ4n) is 3.29. The van der Waals surface area contributed by atoms with Crippen LogP contribution in [-0.4, -0.2) is 37.1 Å². The van der Waals surface area contributed by atoms with Crippen LogP contribution in [-0.2, 0) is 15.9 Å². The molecule has 2 aliphatic rings. The van der Waals surface area contributed by atoms with Gasteiger partial charge < -0.3 is 9.88 Å². The Morgan fingerprint density at radius 1 is 1.12 bits per heavy atom. The molecular weight excluding hydrogens is 340 g/mol. The minimum atomic E-state index is -0.805. The van der Waals surface area contributed by atoms with E-state index < -0.39 is 7.05 Å². The van der Waals surface area contributed by atoms with Gasteiger partial charge in [-0.1, -0.05) is 24.1 Å². The van der Waals surface area contributed by atoms with E-state index in [1.807, 2.05) is 17.1 Å². The van der Waals surface area contributed by atoms with Gasteiger partial charge in [0.1, 0.15) is 0 Å². The second-order valence-electron chi connectivity index (χ2n) is 6.55. The number of urea groups is 1. The maximum Gasteiger partial charge on any atom is 0.522 e. The molecule has 1 fully saturated rings. The van der Waals surface area contributed by atoms with Crippen molar-refractivity contribution in [3.05, 3.63) is 28.8 Å². The van der Waals surface area contributed by atoms with Crippen LogP contribution in [0, 0.1) is 0 Å². The number of hydrazine groups is 1.